The molecule has 1 rings (SSSR count). The third-order valence-corrected chi connectivity index (χ3v) is 3.21. The van der Waals surface area contributed by atoms with Crippen molar-refractivity contribution in [3.63, 3.8) is 0 Å². The molecule has 0 bridgehead atoms. The Morgan fingerprint density at radius 1 is 1.16 bits per heavy atom. The minimum Gasteiger partial charge on any atom is -0.389 e. The standard InChI is InChI=1S/C16H25NO2/c1-11-7-13(3)14(8-12(11)2)15(18)9-17(6)10-16(4,5)19/h7-8,19H,9-10H2,1-6H3. The highest BCUT2D eigenvalue weighted by Gasteiger charge is 2.19. The van der Waals surface area contributed by atoms with E-state index in [0.29, 0.717) is 13.1 Å². The number of aliphatic hydroxyl groups is 1. The zero-order valence-corrected chi connectivity index (χ0v) is 12.9. The second kappa shape index (κ2) is 5.85. The van der Waals surface area contributed by atoms with Crippen molar-refractivity contribution in [2.24, 2.45) is 0 Å². The van der Waals surface area contributed by atoms with Crippen LogP contribution in [0.4, 0.5) is 0 Å². The van der Waals surface area contributed by atoms with E-state index in [2.05, 4.69) is 13.0 Å². The summed E-state index contributed by atoms with van der Waals surface area (Å²) >= 11 is 0. The average Bonchev–Trinajstić information content (AvgIpc) is 2.20. The summed E-state index contributed by atoms with van der Waals surface area (Å²) in [6, 6.07) is 4.02. The van der Waals surface area contributed by atoms with E-state index >= 15 is 0 Å². The molecule has 0 unspecified atom stereocenters. The molecule has 3 heteroatoms. The maximum atomic E-state index is 12.3. The summed E-state index contributed by atoms with van der Waals surface area (Å²) in [5.74, 6) is 0.104. The van der Waals surface area contributed by atoms with Crippen LogP contribution >= 0.6 is 0 Å². The van der Waals surface area contributed by atoms with E-state index < -0.39 is 5.60 Å². The lowest BCUT2D eigenvalue weighted by Gasteiger charge is -2.25. The first kappa shape index (κ1) is 15.9. The van der Waals surface area contributed by atoms with Crippen molar-refractivity contribution < 1.29 is 9.90 Å². The first-order valence-corrected chi connectivity index (χ1v) is 6.62. The highest BCUT2D eigenvalue weighted by atomic mass is 16.3. The second-order valence-corrected chi connectivity index (χ2v) is 6.16. The lowest BCUT2D eigenvalue weighted by molar-refractivity contribution is 0.0439. The number of hydrogen-bond acceptors (Lipinski definition) is 3. The van der Waals surface area contributed by atoms with Crippen LogP contribution in [0.2, 0.25) is 0 Å². The maximum Gasteiger partial charge on any atom is 0.177 e. The molecule has 1 N–H and O–H groups in total. The highest BCUT2D eigenvalue weighted by molar-refractivity contribution is 5.99. The molecule has 3 nitrogen and oxygen atoms in total. The Labute approximate surface area is 116 Å². The van der Waals surface area contributed by atoms with Crippen molar-refractivity contribution in [1.29, 1.82) is 0 Å². The second-order valence-electron chi connectivity index (χ2n) is 6.16. The fraction of sp³-hybridized carbons (Fsp3) is 0.562. The Morgan fingerprint density at radius 2 is 1.68 bits per heavy atom. The van der Waals surface area contributed by atoms with Crippen LogP contribution in [0.1, 0.15) is 40.9 Å². The molecule has 0 atom stereocenters. The number of aryl methyl sites for hydroxylation is 3. The molecule has 0 aromatic heterocycles. The van der Waals surface area contributed by atoms with E-state index in [0.717, 1.165) is 16.7 Å². The summed E-state index contributed by atoms with van der Waals surface area (Å²) in [5.41, 5.74) is 3.36. The lowest BCUT2D eigenvalue weighted by Crippen LogP contribution is -2.38. The number of ketones is 1. The van der Waals surface area contributed by atoms with Crippen molar-refractivity contribution in [2.45, 2.75) is 40.2 Å². The zero-order valence-electron chi connectivity index (χ0n) is 12.9. The Kier molecular flexibility index (Phi) is 4.88. The summed E-state index contributed by atoms with van der Waals surface area (Å²) in [6.45, 7) is 10.3. The SMILES string of the molecule is Cc1cc(C)c(C(=O)CN(C)CC(C)(C)O)cc1C. The predicted octanol–water partition coefficient (Wildman–Crippen LogP) is 2.50. The van der Waals surface area contributed by atoms with Gasteiger partial charge in [0, 0.05) is 12.1 Å². The molecule has 0 amide bonds. The molecule has 0 saturated heterocycles. The summed E-state index contributed by atoms with van der Waals surface area (Å²) in [4.78, 5) is 14.2. The maximum absolute atomic E-state index is 12.3. The van der Waals surface area contributed by atoms with Gasteiger partial charge in [-0.2, -0.15) is 0 Å². The van der Waals surface area contributed by atoms with Crippen LogP contribution in [0, 0.1) is 20.8 Å². The van der Waals surface area contributed by atoms with Crippen LogP contribution < -0.4 is 0 Å². The topological polar surface area (TPSA) is 40.5 Å². The number of Topliss-reactive ketones (excluding diaryl/α,β-unsaturated/α-hetero) is 1. The van der Waals surface area contributed by atoms with Crippen molar-refractivity contribution in [2.75, 3.05) is 20.1 Å². The summed E-state index contributed by atoms with van der Waals surface area (Å²) in [6.07, 6.45) is 0. The van der Waals surface area contributed by atoms with Gasteiger partial charge in [0.05, 0.1) is 12.1 Å². The molecule has 0 fully saturated rings. The lowest BCUT2D eigenvalue weighted by atomic mass is 9.98. The number of carbonyl (C=O) groups excluding carboxylic acids is 1. The smallest absolute Gasteiger partial charge is 0.177 e. The van der Waals surface area contributed by atoms with Crippen LogP contribution in [0.5, 0.6) is 0 Å². The Bertz CT molecular complexity index is 472. The van der Waals surface area contributed by atoms with E-state index in [1.54, 1.807) is 13.8 Å². The molecule has 19 heavy (non-hydrogen) atoms. The monoisotopic (exact) mass is 263 g/mol. The molecule has 0 spiro atoms. The van der Waals surface area contributed by atoms with E-state index in [1.807, 2.05) is 31.9 Å². The van der Waals surface area contributed by atoms with Crippen molar-refractivity contribution in [3.8, 4) is 0 Å². The molecule has 0 radical (unpaired) electrons. The van der Waals surface area contributed by atoms with Gasteiger partial charge in [0.15, 0.2) is 5.78 Å². The van der Waals surface area contributed by atoms with Gasteiger partial charge in [-0.3, -0.25) is 9.69 Å². The van der Waals surface area contributed by atoms with Crippen LogP contribution in [0.25, 0.3) is 0 Å². The predicted molar refractivity (Wildman–Crippen MR) is 78.8 cm³/mol. The number of carbonyl (C=O) groups is 1. The zero-order chi connectivity index (χ0) is 14.8. The van der Waals surface area contributed by atoms with Gasteiger partial charge in [0.25, 0.3) is 0 Å². The molecule has 0 heterocycles. The Balaban J connectivity index is 2.82. The van der Waals surface area contributed by atoms with Crippen LogP contribution in [-0.4, -0.2) is 41.5 Å². The Morgan fingerprint density at radius 3 is 2.21 bits per heavy atom. The molecular weight excluding hydrogens is 238 g/mol. The van der Waals surface area contributed by atoms with Crippen LogP contribution in [0.15, 0.2) is 12.1 Å². The summed E-state index contributed by atoms with van der Waals surface area (Å²) in [7, 11) is 1.85. The van der Waals surface area contributed by atoms with E-state index in [4.69, 9.17) is 0 Å². The fourth-order valence-electron chi connectivity index (χ4n) is 2.31. The van der Waals surface area contributed by atoms with Crippen LogP contribution in [0.3, 0.4) is 0 Å². The van der Waals surface area contributed by atoms with Gasteiger partial charge in [-0.05, 0) is 64.4 Å². The molecule has 0 aliphatic heterocycles. The summed E-state index contributed by atoms with van der Waals surface area (Å²) in [5, 5.41) is 9.75. The minimum absolute atomic E-state index is 0.104. The van der Waals surface area contributed by atoms with Crippen molar-refractivity contribution in [3.05, 3.63) is 34.4 Å². The highest BCUT2D eigenvalue weighted by Crippen LogP contribution is 2.16. The van der Waals surface area contributed by atoms with Gasteiger partial charge >= 0.3 is 0 Å². The molecule has 106 valence electrons. The number of benzene rings is 1. The first-order chi connectivity index (χ1) is 8.60. The van der Waals surface area contributed by atoms with Gasteiger partial charge in [-0.15, -0.1) is 0 Å². The summed E-state index contributed by atoms with van der Waals surface area (Å²) < 4.78 is 0. The van der Waals surface area contributed by atoms with Crippen LogP contribution in [-0.2, 0) is 0 Å². The van der Waals surface area contributed by atoms with Gasteiger partial charge in [0.1, 0.15) is 0 Å². The number of nitrogens with zero attached hydrogens (tertiary/aromatic N) is 1. The van der Waals surface area contributed by atoms with Crippen molar-refractivity contribution >= 4 is 5.78 Å². The van der Waals surface area contributed by atoms with Gasteiger partial charge in [-0.25, -0.2) is 0 Å². The minimum atomic E-state index is -0.784. The molecule has 1 aromatic rings. The number of likely N-dealkylation sites (N-methyl/N-ethyl adjacent to an activating group) is 1. The van der Waals surface area contributed by atoms with Crippen molar-refractivity contribution in [1.82, 2.24) is 4.90 Å². The fourth-order valence-corrected chi connectivity index (χ4v) is 2.31. The largest absolute Gasteiger partial charge is 0.389 e. The third-order valence-electron chi connectivity index (χ3n) is 3.21. The molecule has 1 aromatic carbocycles. The molecule has 0 aliphatic carbocycles. The van der Waals surface area contributed by atoms with Gasteiger partial charge in [0.2, 0.25) is 0 Å². The van der Waals surface area contributed by atoms with E-state index in [1.165, 1.54) is 5.56 Å². The van der Waals surface area contributed by atoms with Gasteiger partial charge in [-0.1, -0.05) is 6.07 Å². The van der Waals surface area contributed by atoms with E-state index in [-0.39, 0.29) is 5.78 Å². The normalized spacial score (nSPS) is 12.0. The first-order valence-electron chi connectivity index (χ1n) is 6.62. The molecule has 0 aliphatic rings. The number of hydrogen-bond donors (Lipinski definition) is 1. The van der Waals surface area contributed by atoms with Gasteiger partial charge < -0.3 is 5.11 Å². The quantitative estimate of drug-likeness (QED) is 0.830. The third kappa shape index (κ3) is 4.77. The average molecular weight is 263 g/mol. The number of rotatable bonds is 5. The molecular formula is C16H25NO2. The van der Waals surface area contributed by atoms with E-state index in [9.17, 15) is 9.90 Å². The Hall–Kier alpha value is -1.19. The molecule has 0 saturated carbocycles.